The molecule has 6 heteroatoms. The van der Waals surface area contributed by atoms with E-state index in [0.29, 0.717) is 0 Å². The van der Waals surface area contributed by atoms with E-state index in [4.69, 9.17) is 0 Å². The minimum Gasteiger partial charge on any atom is -0.356 e. The van der Waals surface area contributed by atoms with E-state index in [1.54, 1.807) is 0 Å². The van der Waals surface area contributed by atoms with Crippen molar-refractivity contribution < 1.29 is 4.79 Å². The van der Waals surface area contributed by atoms with Crippen LogP contribution in [0.1, 0.15) is 89.2 Å². The van der Waals surface area contributed by atoms with Crippen molar-refractivity contribution in [1.82, 2.24) is 25.0 Å². The Bertz CT molecular complexity index is 1020. The number of fused-ring (bicyclic) bond motifs is 1. The van der Waals surface area contributed by atoms with Gasteiger partial charge < -0.3 is 14.8 Å². The second-order valence-electron chi connectivity index (χ2n) is 12.2. The van der Waals surface area contributed by atoms with Gasteiger partial charge in [-0.05, 0) is 57.3 Å². The zero-order valence-corrected chi connectivity index (χ0v) is 24.0. The van der Waals surface area contributed by atoms with Crippen molar-refractivity contribution in [1.29, 1.82) is 0 Å². The van der Waals surface area contributed by atoms with Gasteiger partial charge >= 0.3 is 0 Å². The number of aryl methyl sites for hydroxylation is 1. The third-order valence-electron chi connectivity index (χ3n) is 7.43. The number of unbranched alkanes of at least 4 members (excludes halogenated alkanes) is 2. The lowest BCUT2D eigenvalue weighted by molar-refractivity contribution is -0.136. The summed E-state index contributed by atoms with van der Waals surface area (Å²) in [7, 11) is 4.14. The van der Waals surface area contributed by atoms with Gasteiger partial charge in [-0.3, -0.25) is 9.89 Å². The van der Waals surface area contributed by atoms with Gasteiger partial charge in [0.2, 0.25) is 5.91 Å². The quantitative estimate of drug-likeness (QED) is 0.343. The number of aromatic nitrogens is 3. The SMILES string of the molecule is CCCCCC(C)C(=O)N(CCN(C)C)C1C=Cc2cc(-c3n[nH]c(C)c3CCC(C)(C)C)[nH]c2C1. The molecule has 2 N–H and O–H groups in total. The fraction of sp³-hybridized carbons (Fsp3) is 0.667. The van der Waals surface area contributed by atoms with Gasteiger partial charge in [0, 0.05) is 42.4 Å². The van der Waals surface area contributed by atoms with E-state index in [1.165, 1.54) is 29.7 Å². The normalized spacial score (nSPS) is 16.4. The summed E-state index contributed by atoms with van der Waals surface area (Å²) in [4.78, 5) is 21.5. The molecule has 1 amide bonds. The Morgan fingerprint density at radius 3 is 2.64 bits per heavy atom. The summed E-state index contributed by atoms with van der Waals surface area (Å²) in [6, 6.07) is 2.30. The second-order valence-corrected chi connectivity index (χ2v) is 12.2. The number of rotatable bonds is 12. The number of hydrogen-bond donors (Lipinski definition) is 2. The lowest BCUT2D eigenvalue weighted by atomic mass is 9.88. The highest BCUT2D eigenvalue weighted by Crippen LogP contribution is 2.32. The summed E-state index contributed by atoms with van der Waals surface area (Å²) >= 11 is 0. The first-order chi connectivity index (χ1) is 17.0. The number of likely N-dealkylation sites (N-methyl/N-ethyl adjacent to an activating group) is 1. The van der Waals surface area contributed by atoms with Crippen molar-refractivity contribution in [3.05, 3.63) is 34.7 Å². The Morgan fingerprint density at radius 2 is 1.97 bits per heavy atom. The number of amides is 1. The molecule has 0 bridgehead atoms. The molecule has 200 valence electrons. The monoisotopic (exact) mass is 495 g/mol. The topological polar surface area (TPSA) is 68.0 Å². The predicted octanol–water partition coefficient (Wildman–Crippen LogP) is 6.24. The molecule has 1 aliphatic rings. The summed E-state index contributed by atoms with van der Waals surface area (Å²) in [5.74, 6) is 0.343. The number of carbonyl (C=O) groups is 1. The molecule has 3 rings (SSSR count). The summed E-state index contributed by atoms with van der Waals surface area (Å²) in [5, 5.41) is 7.88. The Balaban J connectivity index is 1.79. The number of carbonyl (C=O) groups excluding carboxylic acids is 1. The van der Waals surface area contributed by atoms with Crippen molar-refractivity contribution in [3.63, 3.8) is 0 Å². The van der Waals surface area contributed by atoms with Crippen molar-refractivity contribution in [2.45, 2.75) is 92.5 Å². The van der Waals surface area contributed by atoms with Crippen molar-refractivity contribution in [2.75, 3.05) is 27.2 Å². The zero-order valence-electron chi connectivity index (χ0n) is 24.0. The van der Waals surface area contributed by atoms with Crippen LogP contribution >= 0.6 is 0 Å². The number of nitrogens with one attached hydrogen (secondary N) is 2. The average molecular weight is 496 g/mol. The minimum atomic E-state index is 0.0603. The molecular formula is C30H49N5O. The van der Waals surface area contributed by atoms with Crippen LogP contribution in [-0.4, -0.2) is 64.1 Å². The minimum absolute atomic E-state index is 0.0603. The highest BCUT2D eigenvalue weighted by molar-refractivity contribution is 5.79. The first kappa shape index (κ1) is 28.2. The van der Waals surface area contributed by atoms with E-state index in [1.807, 2.05) is 0 Å². The molecule has 0 radical (unpaired) electrons. The Labute approximate surface area is 218 Å². The Hall–Kier alpha value is -2.34. The van der Waals surface area contributed by atoms with Gasteiger partial charge in [0.25, 0.3) is 0 Å². The molecule has 2 unspecified atom stereocenters. The molecule has 0 spiro atoms. The lowest BCUT2D eigenvalue weighted by Gasteiger charge is -2.34. The number of H-pyrrole nitrogens is 2. The first-order valence-electron chi connectivity index (χ1n) is 13.9. The van der Waals surface area contributed by atoms with E-state index in [0.717, 1.165) is 62.3 Å². The fourth-order valence-corrected chi connectivity index (χ4v) is 5.00. The van der Waals surface area contributed by atoms with Crippen LogP contribution in [0.4, 0.5) is 0 Å². The number of hydrogen-bond acceptors (Lipinski definition) is 3. The van der Waals surface area contributed by atoms with E-state index in [9.17, 15) is 4.79 Å². The average Bonchev–Trinajstić information content (AvgIpc) is 3.39. The van der Waals surface area contributed by atoms with Crippen molar-refractivity contribution >= 4 is 12.0 Å². The molecule has 2 heterocycles. The predicted molar refractivity (Wildman–Crippen MR) is 151 cm³/mol. The van der Waals surface area contributed by atoms with Crippen molar-refractivity contribution in [3.8, 4) is 11.4 Å². The van der Waals surface area contributed by atoms with Gasteiger partial charge in [-0.15, -0.1) is 0 Å². The lowest BCUT2D eigenvalue weighted by Crippen LogP contribution is -2.46. The molecular weight excluding hydrogens is 446 g/mol. The zero-order chi connectivity index (χ0) is 26.5. The summed E-state index contributed by atoms with van der Waals surface area (Å²) in [5.41, 5.74) is 7.22. The van der Waals surface area contributed by atoms with Crippen LogP contribution in [0.2, 0.25) is 0 Å². The summed E-state index contributed by atoms with van der Waals surface area (Å²) in [6.45, 7) is 14.9. The maximum absolute atomic E-state index is 13.5. The first-order valence-corrected chi connectivity index (χ1v) is 13.9. The fourth-order valence-electron chi connectivity index (χ4n) is 5.00. The molecule has 0 aromatic carbocycles. The van der Waals surface area contributed by atoms with Crippen LogP contribution in [0.3, 0.4) is 0 Å². The molecule has 36 heavy (non-hydrogen) atoms. The Morgan fingerprint density at radius 1 is 1.22 bits per heavy atom. The third kappa shape index (κ3) is 7.34. The number of nitrogens with zero attached hydrogens (tertiary/aromatic N) is 3. The van der Waals surface area contributed by atoms with Crippen LogP contribution < -0.4 is 0 Å². The molecule has 2 atom stereocenters. The van der Waals surface area contributed by atoms with Crippen LogP contribution in [-0.2, 0) is 17.6 Å². The van der Waals surface area contributed by atoms with Gasteiger partial charge in [-0.25, -0.2) is 0 Å². The highest BCUT2D eigenvalue weighted by Gasteiger charge is 2.29. The molecule has 0 saturated heterocycles. The maximum atomic E-state index is 13.5. The molecule has 0 fully saturated rings. The molecule has 2 aromatic heterocycles. The van der Waals surface area contributed by atoms with E-state index in [2.05, 4.69) is 98.8 Å². The third-order valence-corrected chi connectivity index (χ3v) is 7.43. The summed E-state index contributed by atoms with van der Waals surface area (Å²) < 4.78 is 0. The van der Waals surface area contributed by atoms with Crippen LogP contribution in [0.5, 0.6) is 0 Å². The van der Waals surface area contributed by atoms with Crippen LogP contribution in [0.25, 0.3) is 17.5 Å². The van der Waals surface area contributed by atoms with E-state index < -0.39 is 0 Å². The second kappa shape index (κ2) is 12.3. The standard InChI is InChI=1S/C30H49N5O/c1-9-10-11-12-21(2)29(36)35(18-17-34(7)8)24-14-13-23-19-27(31-26(23)20-24)28-25(22(3)32-33-28)15-16-30(4,5)6/h13-14,19,21,24,31H,9-12,15-18,20H2,1-8H3,(H,32,33). The molecule has 1 aliphatic carbocycles. The Kier molecular flexibility index (Phi) is 9.62. The van der Waals surface area contributed by atoms with Gasteiger partial charge in [-0.1, -0.05) is 66.0 Å². The van der Waals surface area contributed by atoms with Gasteiger partial charge in [0.05, 0.1) is 11.7 Å². The largest absolute Gasteiger partial charge is 0.356 e. The van der Waals surface area contributed by atoms with Crippen molar-refractivity contribution in [2.24, 2.45) is 11.3 Å². The van der Waals surface area contributed by atoms with Crippen LogP contribution in [0.15, 0.2) is 12.1 Å². The van der Waals surface area contributed by atoms with E-state index >= 15 is 0 Å². The maximum Gasteiger partial charge on any atom is 0.225 e. The van der Waals surface area contributed by atoms with Gasteiger partial charge in [0.1, 0.15) is 5.69 Å². The highest BCUT2D eigenvalue weighted by atomic mass is 16.2. The van der Waals surface area contributed by atoms with Crippen LogP contribution in [0, 0.1) is 18.3 Å². The molecule has 6 nitrogen and oxygen atoms in total. The smallest absolute Gasteiger partial charge is 0.225 e. The number of aromatic amines is 2. The van der Waals surface area contributed by atoms with E-state index in [-0.39, 0.29) is 23.3 Å². The summed E-state index contributed by atoms with van der Waals surface area (Å²) in [6.07, 6.45) is 11.8. The molecule has 2 aromatic rings. The van der Waals surface area contributed by atoms with Gasteiger partial charge in [-0.2, -0.15) is 5.10 Å². The molecule has 0 saturated carbocycles. The molecule has 0 aliphatic heterocycles. The van der Waals surface area contributed by atoms with Gasteiger partial charge in [0.15, 0.2) is 0 Å².